The van der Waals surface area contributed by atoms with Crippen LogP contribution in [0.15, 0.2) is 63.3 Å². The van der Waals surface area contributed by atoms with Crippen LogP contribution in [0.3, 0.4) is 0 Å². The average molecular weight is 984 g/mol. The maximum atomic E-state index is 13.9. The van der Waals surface area contributed by atoms with E-state index in [2.05, 4.69) is 43.7 Å². The average Bonchev–Trinajstić information content (AvgIpc) is 4.23. The van der Waals surface area contributed by atoms with Crippen LogP contribution >= 0.6 is 0 Å². The normalized spacial score (nSPS) is 24.5. The minimum absolute atomic E-state index is 0.0676. The quantitative estimate of drug-likeness (QED) is 0.110. The molecule has 2 saturated carbocycles. The fourth-order valence-electron chi connectivity index (χ4n) is 13.1. The molecule has 2 aromatic heterocycles. The first kappa shape index (κ1) is 46.8. The summed E-state index contributed by atoms with van der Waals surface area (Å²) in [6, 6.07) is 8.10. The SMILES string of the molecule is COC(=O)NC(C(=O)N1CCC[C@H]1c1ncc(-c2ccc(-c3cnc(-c4ccc5c(c4)NC([C@@H]4CCCN4C(=O)[C@@H](NC(=O)OC)C(C)C)=NS5(=O)=O)c4c3C3CCC4C3)c3c2C2CCC3C2)[nH]1)=C(C)C. The molecule has 4 bridgehead atoms. The van der Waals surface area contributed by atoms with Gasteiger partial charge in [0.15, 0.2) is 0 Å². The summed E-state index contributed by atoms with van der Waals surface area (Å²) in [5.74, 6) is 1.69. The number of hydrogen-bond acceptors (Lipinski definition) is 11. The molecule has 0 radical (unpaired) electrons. The van der Waals surface area contributed by atoms with E-state index in [1.807, 2.05) is 32.2 Å². The Bertz CT molecular complexity index is 3080. The number of fused-ring (bicyclic) bond motifs is 11. The van der Waals surface area contributed by atoms with Crippen molar-refractivity contribution in [2.45, 2.75) is 139 Å². The zero-order valence-electron chi connectivity index (χ0n) is 41.1. The molecule has 7 atom stereocenters. The second-order valence-electron chi connectivity index (χ2n) is 20.9. The van der Waals surface area contributed by atoms with Crippen molar-refractivity contribution in [2.24, 2.45) is 10.3 Å². The smallest absolute Gasteiger partial charge is 0.411 e. The third-order valence-corrected chi connectivity index (χ3v) is 17.7. The first-order chi connectivity index (χ1) is 34.1. The van der Waals surface area contributed by atoms with Crippen molar-refractivity contribution < 1.29 is 37.1 Å². The van der Waals surface area contributed by atoms with E-state index >= 15 is 0 Å². The van der Waals surface area contributed by atoms with Gasteiger partial charge in [-0.15, -0.1) is 4.40 Å². The number of hydrogen-bond donors (Lipinski definition) is 4. The molecule has 2 saturated heterocycles. The third kappa shape index (κ3) is 7.87. The van der Waals surface area contributed by atoms with Gasteiger partial charge in [-0.25, -0.2) is 14.6 Å². The van der Waals surface area contributed by atoms with Crippen molar-refractivity contribution in [3.05, 3.63) is 82.1 Å². The molecule has 4 aliphatic carbocycles. The Morgan fingerprint density at radius 1 is 0.746 bits per heavy atom. The lowest BCUT2D eigenvalue weighted by Crippen LogP contribution is -2.54. The Hall–Kier alpha value is -6.56. The molecule has 7 aliphatic rings. The van der Waals surface area contributed by atoms with Crippen LogP contribution in [0.1, 0.15) is 150 Å². The summed E-state index contributed by atoms with van der Waals surface area (Å²) in [6.07, 6.45) is 11.9. The van der Waals surface area contributed by atoms with Gasteiger partial charge < -0.3 is 34.9 Å². The number of rotatable bonds is 10. The number of amides is 4. The number of imidazole rings is 1. The van der Waals surface area contributed by atoms with E-state index in [1.54, 1.807) is 29.7 Å². The van der Waals surface area contributed by atoms with Gasteiger partial charge in [-0.1, -0.05) is 32.0 Å². The molecule has 4 N–H and O–H groups in total. The minimum atomic E-state index is -4.12. The highest BCUT2D eigenvalue weighted by atomic mass is 32.2. The number of carbonyl (C=O) groups excluding carboxylic acids is 4. The number of benzene rings is 2. The lowest BCUT2D eigenvalue weighted by Gasteiger charge is -2.32. The highest BCUT2D eigenvalue weighted by molar-refractivity contribution is 7.90. The number of nitrogens with one attached hydrogen (secondary N) is 4. The van der Waals surface area contributed by atoms with Gasteiger partial charge in [-0.05, 0) is 153 Å². The number of aromatic nitrogens is 3. The minimum Gasteiger partial charge on any atom is -0.453 e. The van der Waals surface area contributed by atoms with Gasteiger partial charge >= 0.3 is 12.2 Å². The fraction of sp³-hybridized carbons (Fsp3) is 0.491. The number of sulfonamides is 1. The van der Waals surface area contributed by atoms with Crippen LogP contribution in [0.2, 0.25) is 0 Å². The maximum Gasteiger partial charge on any atom is 0.411 e. The summed E-state index contributed by atoms with van der Waals surface area (Å²) in [6.45, 7) is 8.21. The van der Waals surface area contributed by atoms with E-state index in [0.717, 1.165) is 79.7 Å². The number of ether oxygens (including phenoxy) is 2. The van der Waals surface area contributed by atoms with Crippen molar-refractivity contribution in [3.8, 4) is 33.6 Å². The predicted octanol–water partition coefficient (Wildman–Crippen LogP) is 8.73. The number of methoxy groups -OCH3 is 2. The molecule has 2 aromatic carbocycles. The van der Waals surface area contributed by atoms with E-state index in [9.17, 15) is 27.6 Å². The Morgan fingerprint density at radius 2 is 1.38 bits per heavy atom. The molecule has 17 nitrogen and oxygen atoms in total. The fourth-order valence-corrected chi connectivity index (χ4v) is 14.3. The number of allylic oxidation sites excluding steroid dienone is 1. The van der Waals surface area contributed by atoms with Crippen molar-refractivity contribution in [3.63, 3.8) is 0 Å². The lowest BCUT2D eigenvalue weighted by molar-refractivity contribution is -0.134. The van der Waals surface area contributed by atoms with Gasteiger partial charge in [0, 0.05) is 36.0 Å². The van der Waals surface area contributed by atoms with Crippen LogP contribution in [0, 0.1) is 5.92 Å². The number of aromatic amines is 1. The number of alkyl carbamates (subject to hydrolysis) is 2. The zero-order valence-corrected chi connectivity index (χ0v) is 41.9. The number of pyridine rings is 1. The number of nitrogens with zero attached hydrogens (tertiary/aromatic N) is 5. The molecule has 18 heteroatoms. The van der Waals surface area contributed by atoms with Gasteiger partial charge in [0.2, 0.25) is 5.91 Å². The van der Waals surface area contributed by atoms with Crippen LogP contribution in [-0.4, -0.2) is 102 Å². The first-order valence-corrected chi connectivity index (χ1v) is 26.6. The molecule has 71 heavy (non-hydrogen) atoms. The molecule has 4 aromatic rings. The highest BCUT2D eigenvalue weighted by Gasteiger charge is 2.46. The summed E-state index contributed by atoms with van der Waals surface area (Å²) in [7, 11) is -1.59. The standard InChI is InChI=1S/C53H61N9O8S/c1-26(2)45(58-52(65)69-5)50(63)61-19-7-9-38(61)48-55-25-37(57-48)34-17-16-33(41-28-11-12-29(21-28)42(34)41)35-24-54-47(44-31-14-13-30(22-31)43(35)44)32-15-18-40-36(23-32)56-49(60-71(40,67)68)39-10-8-20-62(39)51(64)46(27(3)4)59-53(66)70-6/h15-18,23-25,27-31,38-39,46H,7-14,19-22H2,1-6H3,(H,55,57)(H,56,60)(H,58,65)(H,59,66)/t28?,29?,30?,31?,38-,39-,46-/m0/s1. The van der Waals surface area contributed by atoms with E-state index < -0.39 is 34.3 Å². The van der Waals surface area contributed by atoms with Crippen molar-refractivity contribution in [1.29, 1.82) is 0 Å². The molecule has 4 unspecified atom stereocenters. The maximum absolute atomic E-state index is 13.9. The summed E-state index contributed by atoms with van der Waals surface area (Å²) in [5, 5.41) is 8.63. The Kier molecular flexibility index (Phi) is 11.8. The van der Waals surface area contributed by atoms with Gasteiger partial charge in [-0.2, -0.15) is 8.42 Å². The van der Waals surface area contributed by atoms with Crippen LogP contribution < -0.4 is 16.0 Å². The summed E-state index contributed by atoms with van der Waals surface area (Å²) in [5.41, 5.74) is 12.9. The molecule has 372 valence electrons. The van der Waals surface area contributed by atoms with Crippen molar-refractivity contribution in [2.75, 3.05) is 32.6 Å². The molecule has 4 amide bonds. The molecule has 3 aliphatic heterocycles. The van der Waals surface area contributed by atoms with Gasteiger partial charge in [0.1, 0.15) is 28.3 Å². The van der Waals surface area contributed by atoms with Gasteiger partial charge in [-0.3, -0.25) is 19.9 Å². The molecule has 4 fully saturated rings. The number of amidine groups is 1. The van der Waals surface area contributed by atoms with Gasteiger partial charge in [0.25, 0.3) is 15.9 Å². The van der Waals surface area contributed by atoms with Gasteiger partial charge in [0.05, 0.1) is 49.6 Å². The van der Waals surface area contributed by atoms with Crippen LogP contribution in [0.5, 0.6) is 0 Å². The number of likely N-dealkylation sites (tertiary alicyclic amines) is 2. The van der Waals surface area contributed by atoms with E-state index in [0.29, 0.717) is 60.9 Å². The van der Waals surface area contributed by atoms with E-state index in [-0.39, 0.29) is 40.2 Å². The van der Waals surface area contributed by atoms with E-state index in [4.69, 9.17) is 19.4 Å². The number of H-pyrrole nitrogens is 1. The molecular weight excluding hydrogens is 923 g/mol. The second kappa shape index (κ2) is 17.9. The largest absolute Gasteiger partial charge is 0.453 e. The van der Waals surface area contributed by atoms with Crippen LogP contribution in [0.4, 0.5) is 15.3 Å². The Morgan fingerprint density at radius 3 is 2.06 bits per heavy atom. The zero-order chi connectivity index (χ0) is 49.6. The van der Waals surface area contributed by atoms with E-state index in [1.165, 1.54) is 47.6 Å². The Balaban J connectivity index is 0.910. The first-order valence-electron chi connectivity index (χ1n) is 25.2. The van der Waals surface area contributed by atoms with Crippen molar-refractivity contribution in [1.82, 2.24) is 35.4 Å². The van der Waals surface area contributed by atoms with Crippen molar-refractivity contribution >= 4 is 45.5 Å². The number of anilines is 1. The summed E-state index contributed by atoms with van der Waals surface area (Å²) >= 11 is 0. The topological polar surface area (TPSA) is 217 Å². The van der Waals surface area contributed by atoms with Crippen LogP contribution in [0.25, 0.3) is 33.6 Å². The molecule has 0 spiro atoms. The summed E-state index contributed by atoms with van der Waals surface area (Å²) in [4.78, 5) is 69.5. The third-order valence-electron chi connectivity index (χ3n) is 16.3. The predicted molar refractivity (Wildman–Crippen MR) is 266 cm³/mol. The highest BCUT2D eigenvalue weighted by Crippen LogP contribution is 2.62. The second-order valence-corrected chi connectivity index (χ2v) is 22.5. The molecule has 11 rings (SSSR count). The monoisotopic (exact) mass is 983 g/mol. The number of carbonyl (C=O) groups is 4. The molecule has 5 heterocycles. The van der Waals surface area contributed by atoms with Crippen LogP contribution in [-0.2, 0) is 29.1 Å². The Labute approximate surface area is 413 Å². The lowest BCUT2D eigenvalue weighted by atomic mass is 9.79. The summed E-state index contributed by atoms with van der Waals surface area (Å²) < 4.78 is 41.6. The molecular formula is C53H61N9O8S.